The molecule has 27 heavy (non-hydrogen) atoms. The molecule has 2 heterocycles. The molecule has 1 unspecified atom stereocenters. The molecule has 5 heteroatoms. The third-order valence-corrected chi connectivity index (χ3v) is 5.33. The summed E-state index contributed by atoms with van der Waals surface area (Å²) in [5, 5.41) is 7.78. The number of carbonyl (C=O) groups is 1. The Morgan fingerprint density at radius 3 is 2.56 bits per heavy atom. The van der Waals surface area contributed by atoms with Crippen LogP contribution in [0.4, 0.5) is 0 Å². The number of pyridine rings is 1. The van der Waals surface area contributed by atoms with E-state index in [9.17, 15) is 4.79 Å². The first-order valence-electron chi connectivity index (χ1n) is 9.52. The van der Waals surface area contributed by atoms with Gasteiger partial charge in [0, 0.05) is 25.4 Å². The fraction of sp³-hybridized carbons (Fsp3) is 0.318. The number of benzene rings is 1. The lowest BCUT2D eigenvalue weighted by Crippen LogP contribution is -2.30. The monoisotopic (exact) mass is 360 g/mol. The maximum atomic E-state index is 13.1. The molecule has 0 aliphatic heterocycles. The fourth-order valence-electron chi connectivity index (χ4n) is 3.88. The van der Waals surface area contributed by atoms with E-state index in [1.165, 1.54) is 25.7 Å². The van der Waals surface area contributed by atoms with E-state index in [0.717, 1.165) is 16.8 Å². The first kappa shape index (κ1) is 17.5. The molecule has 3 aromatic rings. The smallest absolute Gasteiger partial charge is 0.270 e. The van der Waals surface area contributed by atoms with Crippen LogP contribution in [0.3, 0.4) is 0 Å². The van der Waals surface area contributed by atoms with Gasteiger partial charge in [0.15, 0.2) is 0 Å². The Hall–Kier alpha value is -2.95. The second-order valence-corrected chi connectivity index (χ2v) is 7.16. The van der Waals surface area contributed by atoms with Crippen LogP contribution in [0.15, 0.2) is 60.9 Å². The molecule has 0 bridgehead atoms. The molecule has 2 aromatic heterocycles. The Balaban J connectivity index is 1.61. The van der Waals surface area contributed by atoms with Crippen LogP contribution in [0, 0.1) is 0 Å². The topological polar surface area (TPSA) is 59.8 Å². The lowest BCUT2D eigenvalue weighted by Gasteiger charge is -2.19. The van der Waals surface area contributed by atoms with Crippen LogP contribution in [0.5, 0.6) is 0 Å². The first-order chi connectivity index (χ1) is 13.2. The van der Waals surface area contributed by atoms with Crippen molar-refractivity contribution < 1.29 is 4.79 Å². The summed E-state index contributed by atoms with van der Waals surface area (Å²) >= 11 is 0. The molecular formula is C22H24N4O. The highest BCUT2D eigenvalue weighted by atomic mass is 16.2. The summed E-state index contributed by atoms with van der Waals surface area (Å²) in [6.45, 7) is 0. The highest BCUT2D eigenvalue weighted by Gasteiger charge is 2.24. The van der Waals surface area contributed by atoms with Gasteiger partial charge in [0.05, 0.1) is 11.7 Å². The summed E-state index contributed by atoms with van der Waals surface area (Å²) in [5.74, 6) is 0.368. The average Bonchev–Trinajstić information content (AvgIpc) is 3.37. The predicted octanol–water partition coefficient (Wildman–Crippen LogP) is 3.99. The molecule has 1 aromatic carbocycles. The molecule has 5 nitrogen and oxygen atoms in total. The first-order valence-corrected chi connectivity index (χ1v) is 9.52. The van der Waals surface area contributed by atoms with Crippen molar-refractivity contribution in [1.82, 2.24) is 20.1 Å². The Bertz CT molecular complexity index is 859. The summed E-state index contributed by atoms with van der Waals surface area (Å²) in [6.07, 6.45) is 8.37. The van der Waals surface area contributed by atoms with Gasteiger partial charge in [-0.15, -0.1) is 0 Å². The number of hydrogen-bond acceptors (Lipinski definition) is 3. The molecular weight excluding hydrogens is 336 g/mol. The van der Waals surface area contributed by atoms with Gasteiger partial charge in [0.25, 0.3) is 5.91 Å². The Morgan fingerprint density at radius 1 is 1.11 bits per heavy atom. The molecule has 1 aliphatic rings. The van der Waals surface area contributed by atoms with E-state index in [1.807, 2.05) is 55.6 Å². The molecule has 0 radical (unpaired) electrons. The van der Waals surface area contributed by atoms with Crippen LogP contribution in [0.25, 0.3) is 0 Å². The van der Waals surface area contributed by atoms with E-state index in [2.05, 4.69) is 15.4 Å². The molecule has 1 saturated carbocycles. The van der Waals surface area contributed by atoms with Crippen LogP contribution in [0.2, 0.25) is 0 Å². The van der Waals surface area contributed by atoms with Gasteiger partial charge in [-0.2, -0.15) is 5.10 Å². The maximum absolute atomic E-state index is 13.1. The lowest BCUT2D eigenvalue weighted by atomic mass is 10.00. The molecule has 1 atom stereocenters. The van der Waals surface area contributed by atoms with Gasteiger partial charge in [0.1, 0.15) is 5.69 Å². The second kappa shape index (κ2) is 7.74. The highest BCUT2D eigenvalue weighted by Crippen LogP contribution is 2.33. The largest absolute Gasteiger partial charge is 0.340 e. The van der Waals surface area contributed by atoms with Crippen LogP contribution in [-0.2, 0) is 7.05 Å². The van der Waals surface area contributed by atoms with Crippen molar-refractivity contribution in [2.75, 3.05) is 0 Å². The van der Waals surface area contributed by atoms with Crippen LogP contribution in [-0.4, -0.2) is 20.7 Å². The number of carbonyl (C=O) groups excluding carboxylic acids is 1. The average molecular weight is 360 g/mol. The Morgan fingerprint density at radius 2 is 1.85 bits per heavy atom. The van der Waals surface area contributed by atoms with E-state index < -0.39 is 0 Å². The van der Waals surface area contributed by atoms with E-state index in [4.69, 9.17) is 0 Å². The van der Waals surface area contributed by atoms with Crippen LogP contribution < -0.4 is 5.32 Å². The number of aromatic nitrogens is 3. The van der Waals surface area contributed by atoms with Crippen molar-refractivity contribution in [3.8, 4) is 0 Å². The van der Waals surface area contributed by atoms with Crippen LogP contribution >= 0.6 is 0 Å². The van der Waals surface area contributed by atoms with Crippen molar-refractivity contribution >= 4 is 5.91 Å². The number of rotatable bonds is 5. The minimum atomic E-state index is -0.253. The quantitative estimate of drug-likeness (QED) is 0.748. The van der Waals surface area contributed by atoms with Crippen LogP contribution in [0.1, 0.15) is 65.0 Å². The molecule has 0 saturated heterocycles. The fourth-order valence-corrected chi connectivity index (χ4v) is 3.88. The van der Waals surface area contributed by atoms with E-state index in [0.29, 0.717) is 11.6 Å². The summed E-state index contributed by atoms with van der Waals surface area (Å²) in [5.41, 5.74) is 3.62. The van der Waals surface area contributed by atoms with E-state index in [-0.39, 0.29) is 11.9 Å². The summed E-state index contributed by atoms with van der Waals surface area (Å²) in [7, 11) is 1.84. The zero-order valence-electron chi connectivity index (χ0n) is 15.5. The lowest BCUT2D eigenvalue weighted by molar-refractivity contribution is 0.0933. The van der Waals surface area contributed by atoms with Gasteiger partial charge in [-0.3, -0.25) is 14.5 Å². The number of hydrogen-bond donors (Lipinski definition) is 1. The van der Waals surface area contributed by atoms with Crippen molar-refractivity contribution in [1.29, 1.82) is 0 Å². The molecule has 1 N–H and O–H groups in total. The molecule has 4 rings (SSSR count). The van der Waals surface area contributed by atoms with Gasteiger partial charge < -0.3 is 5.32 Å². The summed E-state index contributed by atoms with van der Waals surface area (Å²) in [4.78, 5) is 17.3. The minimum absolute atomic E-state index is 0.119. The minimum Gasteiger partial charge on any atom is -0.340 e. The number of nitrogens with one attached hydrogen (secondary N) is 1. The number of nitrogens with zero attached hydrogens (tertiary/aromatic N) is 3. The molecule has 1 amide bonds. The maximum Gasteiger partial charge on any atom is 0.270 e. The second-order valence-electron chi connectivity index (χ2n) is 7.16. The number of aryl methyl sites for hydroxylation is 1. The van der Waals surface area contributed by atoms with Crippen molar-refractivity contribution in [3.05, 3.63) is 83.4 Å². The molecule has 1 fully saturated rings. The Kier molecular flexibility index (Phi) is 5.01. The molecule has 1 aliphatic carbocycles. The third kappa shape index (κ3) is 3.77. The standard InChI is InChI=1S/C22H24N4O/c1-26-20(14-19(25-26)16-8-5-6-9-16)22(27)24-21(17-10-3-2-4-11-17)18-12-7-13-23-15-18/h2-4,7,10-16,21H,5-6,8-9H2,1H3,(H,24,27). The van der Waals surface area contributed by atoms with Gasteiger partial charge in [-0.1, -0.05) is 49.2 Å². The summed E-state index contributed by atoms with van der Waals surface area (Å²) in [6, 6.07) is 15.5. The molecule has 0 spiro atoms. The third-order valence-electron chi connectivity index (χ3n) is 5.33. The van der Waals surface area contributed by atoms with Gasteiger partial charge in [-0.25, -0.2) is 0 Å². The van der Waals surface area contributed by atoms with Crippen molar-refractivity contribution in [3.63, 3.8) is 0 Å². The van der Waals surface area contributed by atoms with Gasteiger partial charge >= 0.3 is 0 Å². The SMILES string of the molecule is Cn1nc(C2CCCC2)cc1C(=O)NC(c1ccccc1)c1cccnc1. The zero-order chi connectivity index (χ0) is 18.6. The van der Waals surface area contributed by atoms with E-state index >= 15 is 0 Å². The van der Waals surface area contributed by atoms with E-state index in [1.54, 1.807) is 17.1 Å². The predicted molar refractivity (Wildman–Crippen MR) is 104 cm³/mol. The van der Waals surface area contributed by atoms with Gasteiger partial charge in [0.2, 0.25) is 0 Å². The zero-order valence-corrected chi connectivity index (χ0v) is 15.5. The van der Waals surface area contributed by atoms with Crippen molar-refractivity contribution in [2.24, 2.45) is 7.05 Å². The Labute approximate surface area is 159 Å². The summed E-state index contributed by atoms with van der Waals surface area (Å²) < 4.78 is 1.70. The molecule has 138 valence electrons. The van der Waals surface area contributed by atoms with Crippen molar-refractivity contribution in [2.45, 2.75) is 37.6 Å². The highest BCUT2D eigenvalue weighted by molar-refractivity contribution is 5.93. The van der Waals surface area contributed by atoms with Gasteiger partial charge in [-0.05, 0) is 36.1 Å². The normalized spacial score (nSPS) is 15.6. The number of amides is 1.